The van der Waals surface area contributed by atoms with Crippen molar-refractivity contribution in [3.05, 3.63) is 23.9 Å². The monoisotopic (exact) mass is 315 g/mol. The summed E-state index contributed by atoms with van der Waals surface area (Å²) in [5, 5.41) is 0. The van der Waals surface area contributed by atoms with Crippen LogP contribution in [0.25, 0.3) is 0 Å². The van der Waals surface area contributed by atoms with E-state index < -0.39 is 11.7 Å². The van der Waals surface area contributed by atoms with Crippen molar-refractivity contribution in [3.8, 4) is 0 Å². The molecule has 0 radical (unpaired) electrons. The number of nitrogens with zero attached hydrogens (tertiary/aromatic N) is 3. The minimum atomic E-state index is -4.33. The van der Waals surface area contributed by atoms with E-state index in [9.17, 15) is 13.2 Å². The molecule has 0 amide bonds. The average Bonchev–Trinajstić information content (AvgIpc) is 2.96. The number of morpholine rings is 1. The van der Waals surface area contributed by atoms with Gasteiger partial charge in [-0.3, -0.25) is 4.90 Å². The molecule has 0 unspecified atom stereocenters. The highest BCUT2D eigenvalue weighted by Crippen LogP contribution is 2.31. The lowest BCUT2D eigenvalue weighted by molar-refractivity contribution is -0.137. The average molecular weight is 315 g/mol. The number of halogens is 3. The highest BCUT2D eigenvalue weighted by molar-refractivity contribution is 5.42. The number of ether oxygens (including phenoxy) is 1. The second kappa shape index (κ2) is 6.42. The van der Waals surface area contributed by atoms with Crippen molar-refractivity contribution in [2.24, 2.45) is 0 Å². The first-order valence-corrected chi connectivity index (χ1v) is 7.64. The van der Waals surface area contributed by atoms with Crippen molar-refractivity contribution in [2.75, 3.05) is 44.3 Å². The van der Waals surface area contributed by atoms with Gasteiger partial charge in [-0.05, 0) is 25.0 Å². The predicted octanol–water partition coefficient (Wildman–Crippen LogP) is 2.40. The van der Waals surface area contributed by atoms with Gasteiger partial charge >= 0.3 is 6.18 Å². The molecule has 3 rings (SSSR count). The molecule has 7 heteroatoms. The van der Waals surface area contributed by atoms with Crippen LogP contribution in [0.3, 0.4) is 0 Å². The summed E-state index contributed by atoms with van der Waals surface area (Å²) in [7, 11) is 0. The first-order valence-electron chi connectivity index (χ1n) is 7.64. The Morgan fingerprint density at radius 2 is 1.95 bits per heavy atom. The van der Waals surface area contributed by atoms with E-state index >= 15 is 0 Å². The van der Waals surface area contributed by atoms with Crippen LogP contribution in [-0.4, -0.2) is 55.3 Å². The maximum Gasteiger partial charge on any atom is 0.417 e. The second-order valence-corrected chi connectivity index (χ2v) is 5.81. The zero-order valence-electron chi connectivity index (χ0n) is 12.4. The van der Waals surface area contributed by atoms with E-state index in [0.29, 0.717) is 11.9 Å². The largest absolute Gasteiger partial charge is 0.417 e. The highest BCUT2D eigenvalue weighted by atomic mass is 19.4. The molecule has 0 aliphatic carbocycles. The van der Waals surface area contributed by atoms with Gasteiger partial charge in [-0.15, -0.1) is 0 Å². The molecule has 1 aromatic rings. The van der Waals surface area contributed by atoms with Crippen LogP contribution < -0.4 is 4.90 Å². The summed E-state index contributed by atoms with van der Waals surface area (Å²) in [5.74, 6) is 0.642. The normalized spacial score (nSPS) is 24.0. The summed E-state index contributed by atoms with van der Waals surface area (Å²) in [5.41, 5.74) is -0.694. The number of aromatic nitrogens is 1. The fraction of sp³-hybridized carbons (Fsp3) is 0.667. The number of alkyl halides is 3. The van der Waals surface area contributed by atoms with Crippen LogP contribution in [0.15, 0.2) is 18.3 Å². The Kier molecular flexibility index (Phi) is 4.54. The van der Waals surface area contributed by atoms with E-state index in [4.69, 9.17) is 4.74 Å². The first-order chi connectivity index (χ1) is 10.5. The van der Waals surface area contributed by atoms with Crippen LogP contribution in [0, 0.1) is 0 Å². The van der Waals surface area contributed by atoms with Crippen molar-refractivity contribution in [3.63, 3.8) is 0 Å². The molecular weight excluding hydrogens is 295 g/mol. The van der Waals surface area contributed by atoms with Crippen LogP contribution in [0.2, 0.25) is 0 Å². The van der Waals surface area contributed by atoms with E-state index in [1.165, 1.54) is 6.07 Å². The van der Waals surface area contributed by atoms with Crippen LogP contribution in [0.4, 0.5) is 19.0 Å². The lowest BCUT2D eigenvalue weighted by atomic mass is 10.2. The van der Waals surface area contributed by atoms with Gasteiger partial charge in [0.1, 0.15) is 5.82 Å². The molecule has 0 bridgehead atoms. The minimum Gasteiger partial charge on any atom is -0.379 e. The fourth-order valence-corrected chi connectivity index (χ4v) is 3.13. The Bertz CT molecular complexity index is 486. The van der Waals surface area contributed by atoms with Gasteiger partial charge in [0.25, 0.3) is 0 Å². The summed E-state index contributed by atoms with van der Waals surface area (Å²) < 4.78 is 43.2. The summed E-state index contributed by atoms with van der Waals surface area (Å²) in [6.07, 6.45) is -1.29. The summed E-state index contributed by atoms with van der Waals surface area (Å²) >= 11 is 0. The summed E-state index contributed by atoms with van der Waals surface area (Å²) in [6, 6.07) is 2.93. The molecule has 0 aromatic carbocycles. The Balaban J connectivity index is 1.67. The molecule has 1 aromatic heterocycles. The molecule has 2 aliphatic rings. The number of pyridine rings is 1. The molecule has 1 atom stereocenters. The van der Waals surface area contributed by atoms with Crippen molar-refractivity contribution >= 4 is 5.82 Å². The molecule has 2 saturated heterocycles. The Morgan fingerprint density at radius 3 is 2.59 bits per heavy atom. The van der Waals surface area contributed by atoms with Gasteiger partial charge in [-0.25, -0.2) is 4.98 Å². The Hall–Kier alpha value is -1.34. The highest BCUT2D eigenvalue weighted by Gasteiger charge is 2.32. The smallest absolute Gasteiger partial charge is 0.379 e. The topological polar surface area (TPSA) is 28.6 Å². The molecule has 4 nitrogen and oxygen atoms in total. The standard InChI is InChI=1S/C15H20F3N3O/c16-15(17,18)12-3-4-14(19-10-12)21-5-1-2-13(21)11-20-6-8-22-9-7-20/h3-4,10,13H,1-2,5-9,11H2/t13-/m0/s1. The Labute approximate surface area is 127 Å². The van der Waals surface area contributed by atoms with Gasteiger partial charge in [0.15, 0.2) is 0 Å². The SMILES string of the molecule is FC(F)(F)c1ccc(N2CCC[C@H]2CN2CCOCC2)nc1. The van der Waals surface area contributed by atoms with Crippen LogP contribution in [0.5, 0.6) is 0 Å². The van der Waals surface area contributed by atoms with Crippen molar-refractivity contribution in [1.82, 2.24) is 9.88 Å². The second-order valence-electron chi connectivity index (χ2n) is 5.81. The molecule has 22 heavy (non-hydrogen) atoms. The molecule has 3 heterocycles. The molecular formula is C15H20F3N3O. The van der Waals surface area contributed by atoms with Gasteiger partial charge in [-0.2, -0.15) is 13.2 Å². The molecule has 2 fully saturated rings. The van der Waals surface area contributed by atoms with E-state index in [0.717, 1.165) is 64.5 Å². The van der Waals surface area contributed by atoms with Gasteiger partial charge in [0.05, 0.1) is 18.8 Å². The molecule has 2 aliphatic heterocycles. The number of anilines is 1. The number of hydrogen-bond acceptors (Lipinski definition) is 4. The Morgan fingerprint density at radius 1 is 1.18 bits per heavy atom. The van der Waals surface area contributed by atoms with E-state index in [1.807, 2.05) is 0 Å². The molecule has 0 N–H and O–H groups in total. The molecule has 0 saturated carbocycles. The van der Waals surface area contributed by atoms with Gasteiger partial charge in [0.2, 0.25) is 0 Å². The quantitative estimate of drug-likeness (QED) is 0.856. The minimum absolute atomic E-state index is 0.322. The summed E-state index contributed by atoms with van der Waals surface area (Å²) in [4.78, 5) is 8.53. The number of rotatable bonds is 3. The van der Waals surface area contributed by atoms with E-state index in [-0.39, 0.29) is 0 Å². The zero-order chi connectivity index (χ0) is 15.6. The van der Waals surface area contributed by atoms with E-state index in [1.54, 1.807) is 0 Å². The third-order valence-electron chi connectivity index (χ3n) is 4.32. The van der Waals surface area contributed by atoms with Gasteiger partial charge in [0, 0.05) is 38.4 Å². The first kappa shape index (κ1) is 15.6. The lowest BCUT2D eigenvalue weighted by Crippen LogP contribution is -2.45. The predicted molar refractivity (Wildman–Crippen MR) is 76.9 cm³/mol. The lowest BCUT2D eigenvalue weighted by Gasteiger charge is -2.33. The third kappa shape index (κ3) is 3.52. The van der Waals surface area contributed by atoms with Crippen LogP contribution >= 0.6 is 0 Å². The van der Waals surface area contributed by atoms with Gasteiger partial charge in [-0.1, -0.05) is 0 Å². The van der Waals surface area contributed by atoms with Crippen molar-refractivity contribution < 1.29 is 17.9 Å². The fourth-order valence-electron chi connectivity index (χ4n) is 3.13. The maximum absolute atomic E-state index is 12.6. The zero-order valence-corrected chi connectivity index (χ0v) is 12.4. The molecule has 0 spiro atoms. The van der Waals surface area contributed by atoms with Crippen LogP contribution in [0.1, 0.15) is 18.4 Å². The van der Waals surface area contributed by atoms with Crippen molar-refractivity contribution in [2.45, 2.75) is 25.1 Å². The summed E-state index contributed by atoms with van der Waals surface area (Å²) in [6.45, 7) is 5.13. The van der Waals surface area contributed by atoms with Crippen LogP contribution in [-0.2, 0) is 10.9 Å². The molecule has 122 valence electrons. The maximum atomic E-state index is 12.6. The van der Waals surface area contributed by atoms with Crippen molar-refractivity contribution in [1.29, 1.82) is 0 Å². The van der Waals surface area contributed by atoms with Gasteiger partial charge < -0.3 is 9.64 Å². The number of hydrogen-bond donors (Lipinski definition) is 0. The van der Waals surface area contributed by atoms with E-state index in [2.05, 4.69) is 14.8 Å². The third-order valence-corrected chi connectivity index (χ3v) is 4.32.